The molecule has 0 bridgehead atoms. The highest BCUT2D eigenvalue weighted by atomic mass is 15.3. The second-order valence-electron chi connectivity index (χ2n) is 20.6. The summed E-state index contributed by atoms with van der Waals surface area (Å²) in [5.41, 5.74) is 18.3. The fourth-order valence-corrected chi connectivity index (χ4v) is 11.3. The molecule has 4 heterocycles. The molecular weight excluding hydrogens is 1020 g/mol. The first-order chi connectivity index (χ1) is 40.9. The van der Waals surface area contributed by atoms with Gasteiger partial charge in [0.1, 0.15) is 0 Å². The lowest BCUT2D eigenvalue weighted by molar-refractivity contribution is 1.01. The average Bonchev–Trinajstić information content (AvgIpc) is 2.40. The monoisotopic (exact) mass is 1070 g/mol. The molecular formula is C73H52N10. The summed E-state index contributed by atoms with van der Waals surface area (Å²) in [6.45, 7) is 6.54. The number of nitrogens with zero attached hydrogens (tertiary/aromatic N) is 10. The topological polar surface area (TPSA) is 110 Å². The van der Waals surface area contributed by atoms with Gasteiger partial charge in [0, 0.05) is 44.5 Å². The Hall–Kier alpha value is -11.1. The zero-order valence-electron chi connectivity index (χ0n) is 45.8. The Morgan fingerprint density at radius 1 is 0.241 bits per heavy atom. The zero-order valence-corrected chi connectivity index (χ0v) is 45.8. The molecule has 0 unspecified atom stereocenters. The molecule has 0 fully saturated rings. The van der Waals surface area contributed by atoms with E-state index in [4.69, 9.17) is 39.9 Å². The zero-order chi connectivity index (χ0) is 55.8. The minimum atomic E-state index is 0.480. The van der Waals surface area contributed by atoms with E-state index in [0.29, 0.717) is 46.6 Å². The van der Waals surface area contributed by atoms with Gasteiger partial charge < -0.3 is 4.90 Å². The quantitative estimate of drug-likeness (QED) is 0.124. The van der Waals surface area contributed by atoms with Crippen LogP contribution in [-0.2, 0) is 0 Å². The van der Waals surface area contributed by atoms with Crippen molar-refractivity contribution in [3.8, 4) is 102 Å². The molecule has 394 valence electrons. The van der Waals surface area contributed by atoms with E-state index < -0.39 is 0 Å². The van der Waals surface area contributed by atoms with E-state index >= 15 is 0 Å². The van der Waals surface area contributed by atoms with E-state index in [0.717, 1.165) is 101 Å². The first-order valence-corrected chi connectivity index (χ1v) is 27.7. The second kappa shape index (κ2) is 21.5. The van der Waals surface area contributed by atoms with Crippen molar-refractivity contribution < 1.29 is 0 Å². The fourth-order valence-electron chi connectivity index (χ4n) is 11.3. The van der Waals surface area contributed by atoms with Crippen molar-refractivity contribution >= 4 is 34.4 Å². The highest BCUT2D eigenvalue weighted by molar-refractivity contribution is 6.05. The second-order valence-corrected chi connectivity index (χ2v) is 20.6. The van der Waals surface area contributed by atoms with E-state index in [2.05, 4.69) is 134 Å². The number of hydrogen-bond donors (Lipinski definition) is 0. The Morgan fingerprint density at radius 2 is 0.578 bits per heavy atom. The number of hydrogen-bond acceptors (Lipinski definition) is 10. The number of benzene rings is 10. The first-order valence-electron chi connectivity index (χ1n) is 27.7. The number of aryl methyl sites for hydroxylation is 3. The molecule has 14 rings (SSSR count). The smallest absolute Gasteiger partial charge is 0.238 e. The van der Waals surface area contributed by atoms with Gasteiger partial charge in [-0.25, -0.2) is 29.9 Å². The van der Waals surface area contributed by atoms with Crippen LogP contribution in [0.2, 0.25) is 0 Å². The van der Waals surface area contributed by atoms with Gasteiger partial charge in [0.2, 0.25) is 5.95 Å². The number of rotatable bonds is 11. The molecule has 3 aromatic heterocycles. The summed E-state index contributed by atoms with van der Waals surface area (Å²) in [5, 5.41) is 0. The third kappa shape index (κ3) is 9.64. The molecule has 0 aliphatic carbocycles. The third-order valence-corrected chi connectivity index (χ3v) is 15.0. The highest BCUT2D eigenvalue weighted by Gasteiger charge is 2.35. The molecule has 1 aliphatic heterocycles. The number of anilines is 6. The predicted molar refractivity (Wildman–Crippen MR) is 335 cm³/mol. The molecule has 0 spiro atoms. The SMILES string of the molecule is Cc1cc(C)c(-c2cc(N3c4ccccc4N(c4nc(-c5ccccc5)nc(-c5ccccc5)n4)c4ccccc43)c(-c3cc(-c4ccccc4)nc(-c4ccccc4)n3)cc2-c2nc(-c3ccccc3)nc(-c3ccccc3)n2)c(C)c1. The Kier molecular flexibility index (Phi) is 13.0. The van der Waals surface area contributed by atoms with Gasteiger partial charge in [0.05, 0.1) is 39.8 Å². The summed E-state index contributed by atoms with van der Waals surface area (Å²) in [7, 11) is 0. The van der Waals surface area contributed by atoms with Crippen LogP contribution in [0.5, 0.6) is 0 Å². The molecule has 0 saturated carbocycles. The molecule has 10 aromatic carbocycles. The normalized spacial score (nSPS) is 11.7. The number of fused-ring (bicyclic) bond motifs is 2. The van der Waals surface area contributed by atoms with Gasteiger partial charge in [-0.1, -0.05) is 224 Å². The summed E-state index contributed by atoms with van der Waals surface area (Å²) < 4.78 is 0. The molecule has 10 heteroatoms. The minimum Gasteiger partial charge on any atom is -0.306 e. The number of para-hydroxylation sites is 4. The van der Waals surface area contributed by atoms with Crippen LogP contribution in [0, 0.1) is 20.8 Å². The largest absolute Gasteiger partial charge is 0.306 e. The third-order valence-electron chi connectivity index (χ3n) is 15.0. The van der Waals surface area contributed by atoms with Crippen LogP contribution in [0.4, 0.5) is 34.4 Å². The molecule has 1 aliphatic rings. The van der Waals surface area contributed by atoms with Crippen LogP contribution in [0.25, 0.3) is 102 Å². The van der Waals surface area contributed by atoms with E-state index in [-0.39, 0.29) is 0 Å². The summed E-state index contributed by atoms with van der Waals surface area (Å²) in [6.07, 6.45) is 0. The molecule has 0 radical (unpaired) electrons. The molecule has 83 heavy (non-hydrogen) atoms. The maximum atomic E-state index is 5.59. The van der Waals surface area contributed by atoms with Crippen LogP contribution >= 0.6 is 0 Å². The fraction of sp³-hybridized carbons (Fsp3) is 0.0411. The standard InChI is InChI=1S/C73H52N10/c1-47-42-48(2)66(49(3)43-47)56-45-65(82-61-38-22-24-40-63(61)83(64-41-25-23-39-62(64)82)73-80-70(54-34-18-8-19-35-54)77-71(81-73)55-36-20-9-21-37-55)58(60-46-59(50-26-10-4-11-27-50)74-67(75-60)51-28-12-5-13-29-51)44-57(56)72-78-68(52-30-14-6-15-31-52)76-69(79-72)53-32-16-7-17-33-53/h4-46H,1-3H3. The molecule has 13 aromatic rings. The predicted octanol–water partition coefficient (Wildman–Crippen LogP) is 18.0. The lowest BCUT2D eigenvalue weighted by Gasteiger charge is -2.40. The molecule has 0 atom stereocenters. The van der Waals surface area contributed by atoms with Gasteiger partial charge in [0.25, 0.3) is 0 Å². The summed E-state index contributed by atoms with van der Waals surface area (Å²) in [6, 6.07) is 89.1. The highest BCUT2D eigenvalue weighted by Crippen LogP contribution is 2.57. The molecule has 0 amide bonds. The number of aromatic nitrogens is 8. The van der Waals surface area contributed by atoms with Crippen molar-refractivity contribution in [1.82, 2.24) is 39.9 Å². The molecule has 0 N–H and O–H groups in total. The maximum absolute atomic E-state index is 5.59. The van der Waals surface area contributed by atoms with Crippen LogP contribution in [0.1, 0.15) is 16.7 Å². The van der Waals surface area contributed by atoms with Gasteiger partial charge in [-0.15, -0.1) is 0 Å². The van der Waals surface area contributed by atoms with E-state index in [1.54, 1.807) is 0 Å². The van der Waals surface area contributed by atoms with Crippen LogP contribution < -0.4 is 9.80 Å². The van der Waals surface area contributed by atoms with Crippen molar-refractivity contribution in [3.63, 3.8) is 0 Å². The Labute approximate surface area is 481 Å². The van der Waals surface area contributed by atoms with E-state index in [1.165, 1.54) is 5.56 Å². The summed E-state index contributed by atoms with van der Waals surface area (Å²) in [4.78, 5) is 47.2. The van der Waals surface area contributed by atoms with Crippen molar-refractivity contribution in [2.45, 2.75) is 20.8 Å². The van der Waals surface area contributed by atoms with Crippen LogP contribution in [0.15, 0.2) is 261 Å². The van der Waals surface area contributed by atoms with Gasteiger partial charge in [-0.2, -0.15) is 9.97 Å². The average molecular weight is 1070 g/mol. The van der Waals surface area contributed by atoms with Crippen LogP contribution in [-0.4, -0.2) is 39.9 Å². The summed E-state index contributed by atoms with van der Waals surface area (Å²) in [5.74, 6) is 3.84. The Balaban J connectivity index is 1.09. The molecule has 10 nitrogen and oxygen atoms in total. The first kappa shape index (κ1) is 50.1. The summed E-state index contributed by atoms with van der Waals surface area (Å²) >= 11 is 0. The Bertz CT molecular complexity index is 4280. The van der Waals surface area contributed by atoms with Crippen molar-refractivity contribution in [3.05, 3.63) is 278 Å². The van der Waals surface area contributed by atoms with Crippen molar-refractivity contribution in [2.75, 3.05) is 9.80 Å². The minimum absolute atomic E-state index is 0.480. The van der Waals surface area contributed by atoms with Gasteiger partial charge in [-0.3, -0.25) is 4.90 Å². The van der Waals surface area contributed by atoms with Gasteiger partial charge in [-0.05, 0) is 85.5 Å². The van der Waals surface area contributed by atoms with Crippen molar-refractivity contribution in [1.29, 1.82) is 0 Å². The van der Waals surface area contributed by atoms with Gasteiger partial charge in [0.15, 0.2) is 34.9 Å². The van der Waals surface area contributed by atoms with Crippen LogP contribution in [0.3, 0.4) is 0 Å². The lowest BCUT2D eigenvalue weighted by atomic mass is 9.87. The van der Waals surface area contributed by atoms with Crippen molar-refractivity contribution in [2.24, 2.45) is 0 Å². The van der Waals surface area contributed by atoms with E-state index in [1.807, 2.05) is 158 Å². The lowest BCUT2D eigenvalue weighted by Crippen LogP contribution is -2.26. The van der Waals surface area contributed by atoms with E-state index in [9.17, 15) is 0 Å². The Morgan fingerprint density at radius 3 is 1.00 bits per heavy atom. The maximum Gasteiger partial charge on any atom is 0.238 e. The molecule has 0 saturated heterocycles. The van der Waals surface area contributed by atoms with Gasteiger partial charge >= 0.3 is 0 Å².